The third-order valence-corrected chi connectivity index (χ3v) is 2.60. The highest BCUT2D eigenvalue weighted by Crippen LogP contribution is 2.24. The first-order valence-corrected chi connectivity index (χ1v) is 6.44. The van der Waals surface area contributed by atoms with Crippen molar-refractivity contribution in [1.29, 1.82) is 0 Å². The minimum atomic E-state index is -4.72. The maximum absolute atomic E-state index is 12.1. The Kier molecular flexibility index (Phi) is 4.95. The van der Waals surface area contributed by atoms with Crippen molar-refractivity contribution in [2.75, 3.05) is 5.32 Å². The zero-order valence-electron chi connectivity index (χ0n) is 12.0. The number of hydrogen-bond donors (Lipinski definition) is 1. The Bertz CT molecular complexity index is 695. The van der Waals surface area contributed by atoms with Gasteiger partial charge in [0.15, 0.2) is 0 Å². The van der Waals surface area contributed by atoms with Gasteiger partial charge in [0.05, 0.1) is 0 Å². The number of carbonyl (C=O) groups is 1. The molecule has 0 saturated carbocycles. The molecule has 2 rings (SSSR count). The quantitative estimate of drug-likeness (QED) is 0.671. The molecule has 5 nitrogen and oxygen atoms in total. The van der Waals surface area contributed by atoms with E-state index in [4.69, 9.17) is 0 Å². The Morgan fingerprint density at radius 3 is 2.30 bits per heavy atom. The number of aromatic nitrogens is 2. The monoisotopic (exact) mass is 323 g/mol. The number of anilines is 2. The molecule has 0 bridgehead atoms. The van der Waals surface area contributed by atoms with E-state index < -0.39 is 6.36 Å². The largest absolute Gasteiger partial charge is 0.573 e. The highest BCUT2D eigenvalue weighted by atomic mass is 19.4. The lowest BCUT2D eigenvalue weighted by Crippen LogP contribution is -2.16. The minimum Gasteiger partial charge on any atom is -0.406 e. The fraction of sp³-hybridized carbons (Fsp3) is 0.133. The standard InChI is InChI=1S/C15H12F3N3O2/c1-10(9-22)6-11-7-19-14(20-8-11)21-12-2-4-13(5-3-12)23-15(16,17)18/h2-9H,1H3,(H,19,20,21). The molecule has 2 aromatic rings. The topological polar surface area (TPSA) is 64.1 Å². The van der Waals surface area contributed by atoms with Gasteiger partial charge in [0.25, 0.3) is 0 Å². The Balaban J connectivity index is 2.03. The number of benzene rings is 1. The first-order chi connectivity index (χ1) is 10.9. The average Bonchev–Trinajstić information content (AvgIpc) is 2.49. The molecule has 0 aliphatic rings. The van der Waals surface area contributed by atoms with Crippen molar-refractivity contribution in [3.05, 3.63) is 47.8 Å². The van der Waals surface area contributed by atoms with E-state index in [1.165, 1.54) is 36.7 Å². The van der Waals surface area contributed by atoms with Crippen LogP contribution in [-0.4, -0.2) is 22.6 Å². The van der Waals surface area contributed by atoms with E-state index in [0.717, 1.165) is 6.29 Å². The normalized spacial score (nSPS) is 11.9. The summed E-state index contributed by atoms with van der Waals surface area (Å²) in [5, 5.41) is 2.84. The highest BCUT2D eigenvalue weighted by molar-refractivity contribution is 5.80. The number of hydrogen-bond acceptors (Lipinski definition) is 5. The van der Waals surface area contributed by atoms with Gasteiger partial charge in [-0.3, -0.25) is 4.79 Å². The van der Waals surface area contributed by atoms with Crippen molar-refractivity contribution >= 4 is 24.0 Å². The van der Waals surface area contributed by atoms with Crippen LogP contribution in [-0.2, 0) is 4.79 Å². The number of carbonyl (C=O) groups excluding carboxylic acids is 1. The van der Waals surface area contributed by atoms with Crippen LogP contribution in [0.3, 0.4) is 0 Å². The van der Waals surface area contributed by atoms with E-state index in [-0.39, 0.29) is 11.7 Å². The van der Waals surface area contributed by atoms with Gasteiger partial charge in [-0.25, -0.2) is 9.97 Å². The second-order valence-electron chi connectivity index (χ2n) is 4.54. The van der Waals surface area contributed by atoms with Crippen LogP contribution in [0.4, 0.5) is 24.8 Å². The van der Waals surface area contributed by atoms with Crippen molar-refractivity contribution in [2.45, 2.75) is 13.3 Å². The first kappa shape index (κ1) is 16.5. The van der Waals surface area contributed by atoms with E-state index in [0.29, 0.717) is 16.8 Å². The van der Waals surface area contributed by atoms with Gasteiger partial charge in [0, 0.05) is 23.6 Å². The van der Waals surface area contributed by atoms with E-state index in [1.54, 1.807) is 13.0 Å². The molecule has 0 radical (unpaired) electrons. The molecule has 0 unspecified atom stereocenters. The Morgan fingerprint density at radius 1 is 1.17 bits per heavy atom. The lowest BCUT2D eigenvalue weighted by Gasteiger charge is -2.09. The third-order valence-electron chi connectivity index (χ3n) is 2.60. The minimum absolute atomic E-state index is 0.274. The number of allylic oxidation sites excluding steroid dienone is 1. The number of nitrogens with zero attached hydrogens (tertiary/aromatic N) is 2. The molecule has 1 aromatic carbocycles. The molecule has 120 valence electrons. The summed E-state index contributed by atoms with van der Waals surface area (Å²) in [6, 6.07) is 5.18. The van der Waals surface area contributed by atoms with Crippen LogP contribution in [0.25, 0.3) is 6.08 Å². The van der Waals surface area contributed by atoms with E-state index >= 15 is 0 Å². The van der Waals surface area contributed by atoms with Crippen LogP contribution in [0.15, 0.2) is 42.2 Å². The average molecular weight is 323 g/mol. The van der Waals surface area contributed by atoms with Crippen molar-refractivity contribution in [3.63, 3.8) is 0 Å². The van der Waals surface area contributed by atoms with E-state index in [9.17, 15) is 18.0 Å². The van der Waals surface area contributed by atoms with Gasteiger partial charge < -0.3 is 10.1 Å². The third kappa shape index (κ3) is 5.42. The second-order valence-corrected chi connectivity index (χ2v) is 4.54. The summed E-state index contributed by atoms with van der Waals surface area (Å²) < 4.78 is 40.0. The van der Waals surface area contributed by atoms with Crippen LogP contribution in [0.2, 0.25) is 0 Å². The predicted molar refractivity (Wildman–Crippen MR) is 78.2 cm³/mol. The predicted octanol–water partition coefficient (Wildman–Crippen LogP) is 3.72. The van der Waals surface area contributed by atoms with E-state index in [1.807, 2.05) is 0 Å². The number of halogens is 3. The fourth-order valence-electron chi connectivity index (χ4n) is 1.64. The molecule has 0 aliphatic carbocycles. The Hall–Kier alpha value is -2.90. The van der Waals surface area contributed by atoms with Gasteiger partial charge >= 0.3 is 6.36 Å². The molecule has 1 aromatic heterocycles. The van der Waals surface area contributed by atoms with Gasteiger partial charge in [0.2, 0.25) is 5.95 Å². The maximum Gasteiger partial charge on any atom is 0.573 e. The van der Waals surface area contributed by atoms with Gasteiger partial charge in [-0.05, 0) is 42.8 Å². The molecule has 0 fully saturated rings. The summed E-state index contributed by atoms with van der Waals surface area (Å²) in [5.74, 6) is -0.0378. The second kappa shape index (κ2) is 6.91. The molecule has 0 atom stereocenters. The number of rotatable bonds is 5. The van der Waals surface area contributed by atoms with Crippen molar-refractivity contribution in [2.24, 2.45) is 0 Å². The molecule has 8 heteroatoms. The lowest BCUT2D eigenvalue weighted by molar-refractivity contribution is -0.274. The molecule has 23 heavy (non-hydrogen) atoms. The smallest absolute Gasteiger partial charge is 0.406 e. The first-order valence-electron chi connectivity index (χ1n) is 6.44. The number of alkyl halides is 3. The molecular weight excluding hydrogens is 311 g/mol. The van der Waals surface area contributed by atoms with Crippen LogP contribution >= 0.6 is 0 Å². The summed E-state index contributed by atoms with van der Waals surface area (Å²) in [7, 11) is 0. The number of aldehydes is 1. The summed E-state index contributed by atoms with van der Waals surface area (Å²) in [4.78, 5) is 18.6. The Morgan fingerprint density at radius 2 is 1.78 bits per heavy atom. The van der Waals surface area contributed by atoms with Gasteiger partial charge in [-0.1, -0.05) is 0 Å². The summed E-state index contributed by atoms with van der Waals surface area (Å²) in [6.45, 7) is 1.66. The van der Waals surface area contributed by atoms with Crippen LogP contribution in [0.5, 0.6) is 5.75 Å². The van der Waals surface area contributed by atoms with Crippen molar-refractivity contribution in [3.8, 4) is 5.75 Å². The molecule has 0 saturated heterocycles. The number of nitrogens with one attached hydrogen (secondary N) is 1. The molecular formula is C15H12F3N3O2. The summed E-state index contributed by atoms with van der Waals surface area (Å²) in [5.41, 5.74) is 1.70. The fourth-order valence-corrected chi connectivity index (χ4v) is 1.64. The summed E-state index contributed by atoms with van der Waals surface area (Å²) in [6.07, 6.45) is 0.658. The number of ether oxygens (including phenoxy) is 1. The van der Waals surface area contributed by atoms with Crippen LogP contribution in [0, 0.1) is 0 Å². The van der Waals surface area contributed by atoms with Gasteiger partial charge in [-0.15, -0.1) is 13.2 Å². The molecule has 0 spiro atoms. The van der Waals surface area contributed by atoms with Gasteiger partial charge in [-0.2, -0.15) is 0 Å². The maximum atomic E-state index is 12.1. The van der Waals surface area contributed by atoms with Crippen LogP contribution < -0.4 is 10.1 Å². The van der Waals surface area contributed by atoms with E-state index in [2.05, 4.69) is 20.0 Å². The molecule has 0 aliphatic heterocycles. The zero-order chi connectivity index (χ0) is 16.9. The van der Waals surface area contributed by atoms with Gasteiger partial charge in [0.1, 0.15) is 12.0 Å². The molecule has 1 N–H and O–H groups in total. The SMILES string of the molecule is CC(C=O)=Cc1cnc(Nc2ccc(OC(F)(F)F)cc2)nc1. The Labute approximate surface area is 129 Å². The highest BCUT2D eigenvalue weighted by Gasteiger charge is 2.30. The van der Waals surface area contributed by atoms with Crippen LogP contribution in [0.1, 0.15) is 12.5 Å². The zero-order valence-corrected chi connectivity index (χ0v) is 12.0. The summed E-state index contributed by atoms with van der Waals surface area (Å²) >= 11 is 0. The van der Waals surface area contributed by atoms with Crippen molar-refractivity contribution in [1.82, 2.24) is 9.97 Å². The van der Waals surface area contributed by atoms with Crippen molar-refractivity contribution < 1.29 is 22.7 Å². The lowest BCUT2D eigenvalue weighted by atomic mass is 10.2. The molecule has 1 heterocycles. The molecule has 0 amide bonds.